The van der Waals surface area contributed by atoms with Gasteiger partial charge in [0.05, 0.1) is 0 Å². The van der Waals surface area contributed by atoms with Crippen molar-refractivity contribution in [1.29, 1.82) is 0 Å². The fourth-order valence-electron chi connectivity index (χ4n) is 2.68. The third kappa shape index (κ3) is 4.96. The van der Waals surface area contributed by atoms with Crippen molar-refractivity contribution >= 4 is 35.1 Å². The maximum Gasteiger partial charge on any atom is 0.134 e. The van der Waals surface area contributed by atoms with E-state index in [0.717, 1.165) is 50.0 Å². The summed E-state index contributed by atoms with van der Waals surface area (Å²) in [5.74, 6) is 3.16. The third-order valence-electron chi connectivity index (χ3n) is 3.66. The minimum absolute atomic E-state index is 0.448. The van der Waals surface area contributed by atoms with Crippen molar-refractivity contribution < 1.29 is 9.59 Å². The summed E-state index contributed by atoms with van der Waals surface area (Å²) in [6, 6.07) is 0. The van der Waals surface area contributed by atoms with Crippen molar-refractivity contribution in [3.05, 3.63) is 0 Å². The molecule has 2 rings (SSSR count). The van der Waals surface area contributed by atoms with Crippen molar-refractivity contribution in [1.82, 2.24) is 0 Å². The molecule has 2 atom stereocenters. The van der Waals surface area contributed by atoms with Crippen molar-refractivity contribution in [3.8, 4) is 0 Å². The van der Waals surface area contributed by atoms with Crippen LogP contribution in [0.3, 0.4) is 0 Å². The molecule has 102 valence electrons. The van der Waals surface area contributed by atoms with Gasteiger partial charge in [-0.15, -0.1) is 0 Å². The lowest BCUT2D eigenvalue weighted by Crippen LogP contribution is -2.19. The molecule has 0 amide bonds. The lowest BCUT2D eigenvalue weighted by molar-refractivity contribution is -0.120. The Labute approximate surface area is 118 Å². The van der Waals surface area contributed by atoms with Crippen LogP contribution in [0.25, 0.3) is 0 Å². The predicted molar refractivity (Wildman–Crippen MR) is 79.4 cm³/mol. The molecular formula is C14H22O2S2. The summed E-state index contributed by atoms with van der Waals surface area (Å²) in [6.07, 6.45) is 7.77. The van der Waals surface area contributed by atoms with Gasteiger partial charge in [-0.05, 0) is 25.7 Å². The Morgan fingerprint density at radius 1 is 0.833 bits per heavy atom. The summed E-state index contributed by atoms with van der Waals surface area (Å²) in [4.78, 5) is 22.7. The first-order valence-corrected chi connectivity index (χ1v) is 9.10. The van der Waals surface area contributed by atoms with Crippen LogP contribution in [0.15, 0.2) is 0 Å². The van der Waals surface area contributed by atoms with Crippen LogP contribution < -0.4 is 0 Å². The van der Waals surface area contributed by atoms with E-state index < -0.39 is 0 Å². The first-order valence-electron chi connectivity index (χ1n) is 7.00. The molecule has 0 aromatic carbocycles. The molecule has 18 heavy (non-hydrogen) atoms. The Balaban J connectivity index is 1.55. The highest BCUT2D eigenvalue weighted by molar-refractivity contribution is 8.03. The third-order valence-corrected chi connectivity index (χ3v) is 6.55. The quantitative estimate of drug-likeness (QED) is 0.725. The molecule has 2 nitrogen and oxygen atoms in total. The van der Waals surface area contributed by atoms with Gasteiger partial charge >= 0.3 is 0 Å². The van der Waals surface area contributed by atoms with Gasteiger partial charge in [-0.25, -0.2) is 0 Å². The summed E-state index contributed by atoms with van der Waals surface area (Å²) in [7, 11) is 0. The molecule has 0 aromatic heterocycles. The van der Waals surface area contributed by atoms with Crippen LogP contribution in [0, 0.1) is 0 Å². The molecule has 0 N–H and O–H groups in total. The van der Waals surface area contributed by atoms with E-state index in [4.69, 9.17) is 0 Å². The zero-order chi connectivity index (χ0) is 12.8. The molecule has 0 radical (unpaired) electrons. The number of rotatable bonds is 5. The highest BCUT2D eigenvalue weighted by atomic mass is 32.2. The molecule has 2 aliphatic carbocycles. The number of ketones is 2. The summed E-state index contributed by atoms with van der Waals surface area (Å²) in [6.45, 7) is 0. The van der Waals surface area contributed by atoms with Crippen LogP contribution in [-0.2, 0) is 9.59 Å². The fraction of sp³-hybridized carbons (Fsp3) is 0.857. The second-order valence-electron chi connectivity index (χ2n) is 5.26. The van der Waals surface area contributed by atoms with Crippen LogP contribution in [0.2, 0.25) is 0 Å². The van der Waals surface area contributed by atoms with Gasteiger partial charge in [-0.1, -0.05) is 0 Å². The second kappa shape index (κ2) is 7.59. The Morgan fingerprint density at radius 3 is 1.67 bits per heavy atom. The van der Waals surface area contributed by atoms with Crippen LogP contribution in [0.5, 0.6) is 0 Å². The Kier molecular flexibility index (Phi) is 6.09. The molecule has 0 heterocycles. The molecule has 4 heteroatoms. The van der Waals surface area contributed by atoms with E-state index >= 15 is 0 Å². The average Bonchev–Trinajstić information content (AvgIpc) is 2.35. The second-order valence-corrected chi connectivity index (χ2v) is 8.07. The van der Waals surface area contributed by atoms with Crippen molar-refractivity contribution in [2.75, 3.05) is 11.5 Å². The van der Waals surface area contributed by atoms with Crippen LogP contribution in [-0.4, -0.2) is 33.6 Å². The normalized spacial score (nSPS) is 29.6. The first-order chi connectivity index (χ1) is 8.74. The van der Waals surface area contributed by atoms with Gasteiger partial charge < -0.3 is 0 Å². The smallest absolute Gasteiger partial charge is 0.134 e. The number of Topliss-reactive ketones (excluding diaryl/α,β-unsaturated/α-hetero) is 2. The average molecular weight is 286 g/mol. The van der Waals surface area contributed by atoms with E-state index in [1.807, 2.05) is 23.5 Å². The summed E-state index contributed by atoms with van der Waals surface area (Å²) >= 11 is 3.93. The van der Waals surface area contributed by atoms with E-state index in [9.17, 15) is 9.59 Å². The lowest BCUT2D eigenvalue weighted by Gasteiger charge is -2.22. The lowest BCUT2D eigenvalue weighted by atomic mass is 9.99. The zero-order valence-corrected chi connectivity index (χ0v) is 12.5. The van der Waals surface area contributed by atoms with Gasteiger partial charge in [0.2, 0.25) is 0 Å². The number of hydrogen-bond acceptors (Lipinski definition) is 4. The summed E-state index contributed by atoms with van der Waals surface area (Å²) in [5.41, 5.74) is 0. The van der Waals surface area contributed by atoms with Crippen molar-refractivity contribution in [2.24, 2.45) is 0 Å². The highest BCUT2D eigenvalue weighted by Crippen LogP contribution is 2.30. The molecule has 2 saturated carbocycles. The van der Waals surface area contributed by atoms with Crippen molar-refractivity contribution in [2.45, 2.75) is 61.9 Å². The number of thioether (sulfide) groups is 2. The minimum Gasteiger partial charge on any atom is -0.300 e. The van der Waals surface area contributed by atoms with Crippen LogP contribution in [0.1, 0.15) is 51.4 Å². The standard InChI is InChI=1S/C14H22O2S2/c15-11-3-1-5-13(9-11)17-7-8-18-14-6-2-4-12(16)10-14/h13-14H,1-10H2. The molecule has 0 bridgehead atoms. The maximum absolute atomic E-state index is 11.3. The highest BCUT2D eigenvalue weighted by Gasteiger charge is 2.21. The Morgan fingerprint density at radius 2 is 1.28 bits per heavy atom. The van der Waals surface area contributed by atoms with Gasteiger partial charge in [0, 0.05) is 47.7 Å². The molecule has 2 fully saturated rings. The summed E-state index contributed by atoms with van der Waals surface area (Å²) < 4.78 is 0. The van der Waals surface area contributed by atoms with E-state index in [0.29, 0.717) is 22.1 Å². The predicted octanol–water partition coefficient (Wildman–Crippen LogP) is 3.48. The van der Waals surface area contributed by atoms with Crippen LogP contribution >= 0.6 is 23.5 Å². The van der Waals surface area contributed by atoms with Gasteiger partial charge in [0.25, 0.3) is 0 Å². The Hall–Kier alpha value is 0.0400. The molecule has 2 aliphatic rings. The summed E-state index contributed by atoms with van der Waals surface area (Å²) in [5, 5.41) is 1.14. The fourth-order valence-corrected chi connectivity index (χ4v) is 5.39. The van der Waals surface area contributed by atoms with Gasteiger partial charge in [0.1, 0.15) is 11.6 Å². The maximum atomic E-state index is 11.3. The van der Waals surface area contributed by atoms with Crippen LogP contribution in [0.4, 0.5) is 0 Å². The van der Waals surface area contributed by atoms with E-state index in [-0.39, 0.29) is 0 Å². The number of hydrogen-bond donors (Lipinski definition) is 0. The SMILES string of the molecule is O=C1CCCC(SCCSC2CCCC(=O)C2)C1. The van der Waals surface area contributed by atoms with E-state index in [1.165, 1.54) is 12.8 Å². The molecule has 0 aromatic rings. The zero-order valence-electron chi connectivity index (χ0n) is 10.9. The molecular weight excluding hydrogens is 264 g/mol. The molecule has 0 aliphatic heterocycles. The molecule has 0 spiro atoms. The number of carbonyl (C=O) groups excluding carboxylic acids is 2. The monoisotopic (exact) mass is 286 g/mol. The molecule has 2 unspecified atom stereocenters. The van der Waals surface area contributed by atoms with Gasteiger partial charge in [0.15, 0.2) is 0 Å². The van der Waals surface area contributed by atoms with Crippen molar-refractivity contribution in [3.63, 3.8) is 0 Å². The van der Waals surface area contributed by atoms with E-state index in [1.54, 1.807) is 0 Å². The minimum atomic E-state index is 0.448. The number of carbonyl (C=O) groups is 2. The topological polar surface area (TPSA) is 34.1 Å². The largest absolute Gasteiger partial charge is 0.300 e. The van der Waals surface area contributed by atoms with Gasteiger partial charge in [-0.3, -0.25) is 9.59 Å². The molecule has 0 saturated heterocycles. The Bertz CT molecular complexity index is 274. The van der Waals surface area contributed by atoms with E-state index in [2.05, 4.69) is 0 Å². The first kappa shape index (κ1) is 14.4. The van der Waals surface area contributed by atoms with Gasteiger partial charge in [-0.2, -0.15) is 23.5 Å².